The zero-order valence-electron chi connectivity index (χ0n) is 15.4. The molecule has 0 aromatic heterocycles. The molecule has 134 valence electrons. The van der Waals surface area contributed by atoms with Crippen LogP contribution in [0.1, 0.15) is 22.3 Å². The number of nitrogens with zero attached hydrogens (tertiary/aromatic N) is 2. The Morgan fingerprint density at radius 3 is 1.96 bits per heavy atom. The summed E-state index contributed by atoms with van der Waals surface area (Å²) in [5.74, 6) is 0. The van der Waals surface area contributed by atoms with Crippen LogP contribution in [0.5, 0.6) is 0 Å². The molecule has 1 aliphatic rings. The van der Waals surface area contributed by atoms with Crippen molar-refractivity contribution in [3.63, 3.8) is 0 Å². The summed E-state index contributed by atoms with van der Waals surface area (Å²) in [4.78, 5) is 2.69. The normalized spacial score (nSPS) is 16.2. The first-order chi connectivity index (χ1) is 11.8. The SMILES string of the molecule is Cc1ccc(N2CCN(S(=O)(=O)c3ccc(C)c(C)c3C)CC2)cc1. The van der Waals surface area contributed by atoms with Gasteiger partial charge in [-0.15, -0.1) is 0 Å². The first-order valence-corrected chi connectivity index (χ1v) is 10.1. The lowest BCUT2D eigenvalue weighted by molar-refractivity contribution is 0.384. The van der Waals surface area contributed by atoms with Crippen molar-refractivity contribution in [3.05, 3.63) is 58.7 Å². The van der Waals surface area contributed by atoms with Crippen LogP contribution in [0, 0.1) is 27.7 Å². The van der Waals surface area contributed by atoms with Crippen LogP contribution in [-0.2, 0) is 10.0 Å². The Hall–Kier alpha value is -1.85. The number of aryl methyl sites for hydroxylation is 2. The van der Waals surface area contributed by atoms with E-state index in [9.17, 15) is 8.42 Å². The number of benzene rings is 2. The van der Waals surface area contributed by atoms with Crippen molar-refractivity contribution < 1.29 is 8.42 Å². The fourth-order valence-corrected chi connectivity index (χ4v) is 4.99. The molecule has 0 saturated carbocycles. The highest BCUT2D eigenvalue weighted by atomic mass is 32.2. The molecule has 5 heteroatoms. The van der Waals surface area contributed by atoms with Gasteiger partial charge in [0.1, 0.15) is 0 Å². The van der Waals surface area contributed by atoms with Crippen LogP contribution in [0.25, 0.3) is 0 Å². The lowest BCUT2D eigenvalue weighted by Crippen LogP contribution is -2.48. The van der Waals surface area contributed by atoms with E-state index in [1.165, 1.54) is 5.56 Å². The summed E-state index contributed by atoms with van der Waals surface area (Å²) < 4.78 is 27.8. The van der Waals surface area contributed by atoms with E-state index >= 15 is 0 Å². The number of anilines is 1. The maximum atomic E-state index is 13.1. The molecule has 0 bridgehead atoms. The van der Waals surface area contributed by atoms with Crippen LogP contribution in [0.3, 0.4) is 0 Å². The summed E-state index contributed by atoms with van der Waals surface area (Å²) in [6.07, 6.45) is 0. The fourth-order valence-electron chi connectivity index (χ4n) is 3.29. The molecular weight excluding hydrogens is 332 g/mol. The van der Waals surface area contributed by atoms with Gasteiger partial charge in [-0.1, -0.05) is 23.8 Å². The Labute approximate surface area is 151 Å². The molecule has 1 heterocycles. The van der Waals surface area contributed by atoms with E-state index in [4.69, 9.17) is 0 Å². The molecule has 4 nitrogen and oxygen atoms in total. The molecule has 0 aliphatic carbocycles. The Balaban J connectivity index is 1.78. The maximum absolute atomic E-state index is 13.1. The summed E-state index contributed by atoms with van der Waals surface area (Å²) in [7, 11) is -3.44. The van der Waals surface area contributed by atoms with Crippen LogP contribution in [0.2, 0.25) is 0 Å². The van der Waals surface area contributed by atoms with Crippen molar-refractivity contribution in [3.8, 4) is 0 Å². The number of hydrogen-bond donors (Lipinski definition) is 0. The second-order valence-electron chi connectivity index (χ2n) is 6.86. The number of rotatable bonds is 3. The number of piperazine rings is 1. The van der Waals surface area contributed by atoms with E-state index in [-0.39, 0.29) is 0 Å². The molecule has 0 atom stereocenters. The van der Waals surface area contributed by atoms with Gasteiger partial charge >= 0.3 is 0 Å². The topological polar surface area (TPSA) is 40.6 Å². The average Bonchev–Trinajstić information content (AvgIpc) is 2.60. The van der Waals surface area contributed by atoms with Crippen LogP contribution in [0.4, 0.5) is 5.69 Å². The Morgan fingerprint density at radius 1 is 0.760 bits per heavy atom. The summed E-state index contributed by atoms with van der Waals surface area (Å²) in [6, 6.07) is 12.0. The second-order valence-corrected chi connectivity index (χ2v) is 8.76. The van der Waals surface area contributed by atoms with Gasteiger partial charge in [-0.05, 0) is 62.6 Å². The molecule has 2 aromatic carbocycles. The van der Waals surface area contributed by atoms with Gasteiger partial charge in [0, 0.05) is 31.9 Å². The minimum Gasteiger partial charge on any atom is -0.369 e. The summed E-state index contributed by atoms with van der Waals surface area (Å²) in [6.45, 7) is 10.4. The molecule has 1 saturated heterocycles. The molecule has 2 aromatic rings. The standard InChI is InChI=1S/C20H26N2O2S/c1-15-5-8-19(9-6-15)21-11-13-22(14-12-21)25(23,24)20-10-7-16(2)17(3)18(20)4/h5-10H,11-14H2,1-4H3. The zero-order chi connectivity index (χ0) is 18.2. The van der Waals surface area contributed by atoms with Gasteiger partial charge < -0.3 is 4.90 Å². The smallest absolute Gasteiger partial charge is 0.243 e. The van der Waals surface area contributed by atoms with Crippen LogP contribution < -0.4 is 4.90 Å². The monoisotopic (exact) mass is 358 g/mol. The van der Waals surface area contributed by atoms with Gasteiger partial charge in [-0.2, -0.15) is 4.31 Å². The lowest BCUT2D eigenvalue weighted by Gasteiger charge is -2.35. The fraction of sp³-hybridized carbons (Fsp3) is 0.400. The van der Waals surface area contributed by atoms with Crippen molar-refractivity contribution in [2.45, 2.75) is 32.6 Å². The quantitative estimate of drug-likeness (QED) is 0.844. The highest BCUT2D eigenvalue weighted by Gasteiger charge is 2.30. The first kappa shape index (κ1) is 18.0. The van der Waals surface area contributed by atoms with E-state index in [0.29, 0.717) is 31.1 Å². The molecule has 1 fully saturated rings. The summed E-state index contributed by atoms with van der Waals surface area (Å²) in [5, 5.41) is 0. The van der Waals surface area contributed by atoms with Gasteiger partial charge in [-0.3, -0.25) is 0 Å². The molecule has 0 unspecified atom stereocenters. The highest BCUT2D eigenvalue weighted by Crippen LogP contribution is 2.26. The molecule has 0 amide bonds. The molecule has 25 heavy (non-hydrogen) atoms. The third-order valence-corrected chi connectivity index (χ3v) is 7.31. The van der Waals surface area contributed by atoms with E-state index in [2.05, 4.69) is 36.1 Å². The predicted octanol–water partition coefficient (Wildman–Crippen LogP) is 3.43. The average molecular weight is 359 g/mol. The Morgan fingerprint density at radius 2 is 1.36 bits per heavy atom. The van der Waals surface area contributed by atoms with E-state index in [0.717, 1.165) is 22.4 Å². The van der Waals surface area contributed by atoms with Crippen molar-refractivity contribution in [1.29, 1.82) is 0 Å². The third kappa shape index (κ3) is 3.44. The highest BCUT2D eigenvalue weighted by molar-refractivity contribution is 7.89. The number of hydrogen-bond acceptors (Lipinski definition) is 3. The minimum atomic E-state index is -3.44. The van der Waals surface area contributed by atoms with E-state index in [1.54, 1.807) is 10.4 Å². The third-order valence-electron chi connectivity index (χ3n) is 5.26. The molecule has 0 N–H and O–H groups in total. The molecular formula is C20H26N2O2S. The Kier molecular flexibility index (Phi) is 4.89. The first-order valence-electron chi connectivity index (χ1n) is 8.69. The van der Waals surface area contributed by atoms with E-state index < -0.39 is 10.0 Å². The molecule has 1 aliphatic heterocycles. The van der Waals surface area contributed by atoms with Crippen LogP contribution in [0.15, 0.2) is 41.3 Å². The van der Waals surface area contributed by atoms with Crippen molar-refractivity contribution in [2.24, 2.45) is 0 Å². The Bertz CT molecular complexity index is 865. The van der Waals surface area contributed by atoms with Crippen LogP contribution >= 0.6 is 0 Å². The van der Waals surface area contributed by atoms with Crippen LogP contribution in [-0.4, -0.2) is 38.9 Å². The number of sulfonamides is 1. The molecule has 0 spiro atoms. The maximum Gasteiger partial charge on any atom is 0.243 e. The summed E-state index contributed by atoms with van der Waals surface area (Å²) >= 11 is 0. The van der Waals surface area contributed by atoms with Gasteiger partial charge in [0.05, 0.1) is 4.90 Å². The van der Waals surface area contributed by atoms with Crippen molar-refractivity contribution in [1.82, 2.24) is 4.31 Å². The zero-order valence-corrected chi connectivity index (χ0v) is 16.2. The lowest BCUT2D eigenvalue weighted by atomic mass is 10.1. The second kappa shape index (κ2) is 6.81. The van der Waals surface area contributed by atoms with Gasteiger partial charge in [0.25, 0.3) is 0 Å². The minimum absolute atomic E-state index is 0.444. The van der Waals surface area contributed by atoms with Gasteiger partial charge in [0.15, 0.2) is 0 Å². The molecule has 0 radical (unpaired) electrons. The van der Waals surface area contributed by atoms with Crippen molar-refractivity contribution in [2.75, 3.05) is 31.1 Å². The molecule has 3 rings (SSSR count). The largest absolute Gasteiger partial charge is 0.369 e. The van der Waals surface area contributed by atoms with Gasteiger partial charge in [0.2, 0.25) is 10.0 Å². The predicted molar refractivity (Wildman–Crippen MR) is 103 cm³/mol. The summed E-state index contributed by atoms with van der Waals surface area (Å²) in [5.41, 5.74) is 5.43. The van der Waals surface area contributed by atoms with Gasteiger partial charge in [-0.25, -0.2) is 8.42 Å². The van der Waals surface area contributed by atoms with E-state index in [1.807, 2.05) is 26.8 Å². The van der Waals surface area contributed by atoms with Crippen molar-refractivity contribution >= 4 is 15.7 Å².